The summed E-state index contributed by atoms with van der Waals surface area (Å²) in [7, 11) is 0. The number of hydrogen-bond acceptors (Lipinski definition) is 5. The number of benzene rings is 1. The molecule has 2 N–H and O–H groups in total. The van der Waals surface area contributed by atoms with Crippen molar-refractivity contribution in [1.82, 2.24) is 10.3 Å². The van der Waals surface area contributed by atoms with Crippen LogP contribution in [0.15, 0.2) is 33.9 Å². The lowest BCUT2D eigenvalue weighted by molar-refractivity contribution is -0.119. The maximum absolute atomic E-state index is 11.7. The zero-order valence-electron chi connectivity index (χ0n) is 10.9. The summed E-state index contributed by atoms with van der Waals surface area (Å²) in [6.07, 6.45) is 1.72. The van der Waals surface area contributed by atoms with Crippen molar-refractivity contribution in [2.75, 3.05) is 12.3 Å². The number of para-hydroxylation sites is 2. The van der Waals surface area contributed by atoms with E-state index in [1.807, 2.05) is 24.3 Å². The largest absolute Gasteiger partial charge is 0.431 e. The molecule has 1 aromatic carbocycles. The molecule has 1 amide bonds. The molecule has 1 unspecified atom stereocenters. The molecule has 0 radical (unpaired) electrons. The first-order chi connectivity index (χ1) is 9.72. The first-order valence-corrected chi connectivity index (χ1v) is 7.64. The van der Waals surface area contributed by atoms with Gasteiger partial charge >= 0.3 is 0 Å². The van der Waals surface area contributed by atoms with Crippen LogP contribution in [-0.2, 0) is 4.79 Å². The average Bonchev–Trinajstić information content (AvgIpc) is 3.22. The lowest BCUT2D eigenvalue weighted by Gasteiger charge is -2.09. The Morgan fingerprint density at radius 1 is 1.50 bits per heavy atom. The number of nitrogens with one attached hydrogen (secondary N) is 1. The molecule has 1 aromatic heterocycles. The maximum atomic E-state index is 11.7. The van der Waals surface area contributed by atoms with Crippen LogP contribution in [0.5, 0.6) is 0 Å². The standard InChI is InChI=1S/C14H16N2O3S/c17-11(9-5-6-9)7-15-13(18)8-20-14-16-10-3-1-2-4-12(10)19-14/h1-4,9,11,17H,5-8H2,(H,15,18). The van der Waals surface area contributed by atoms with E-state index in [2.05, 4.69) is 10.3 Å². The van der Waals surface area contributed by atoms with Gasteiger partial charge in [0.25, 0.3) is 5.22 Å². The second kappa shape index (κ2) is 5.85. The van der Waals surface area contributed by atoms with Crippen molar-refractivity contribution in [3.8, 4) is 0 Å². The summed E-state index contributed by atoms with van der Waals surface area (Å²) in [6.45, 7) is 0.331. The Bertz CT molecular complexity index is 576. The molecule has 2 aromatic rings. The van der Waals surface area contributed by atoms with Gasteiger partial charge in [0.05, 0.1) is 11.9 Å². The molecule has 1 aliphatic carbocycles. The van der Waals surface area contributed by atoms with Crippen molar-refractivity contribution >= 4 is 28.8 Å². The maximum Gasteiger partial charge on any atom is 0.257 e. The Kier molecular flexibility index (Phi) is 3.93. The Labute approximate surface area is 120 Å². The van der Waals surface area contributed by atoms with Crippen molar-refractivity contribution in [3.05, 3.63) is 24.3 Å². The second-order valence-electron chi connectivity index (χ2n) is 4.95. The van der Waals surface area contributed by atoms with Crippen LogP contribution in [0.4, 0.5) is 0 Å². The van der Waals surface area contributed by atoms with Gasteiger partial charge < -0.3 is 14.8 Å². The van der Waals surface area contributed by atoms with Gasteiger partial charge in [-0.05, 0) is 30.9 Å². The molecule has 1 fully saturated rings. The van der Waals surface area contributed by atoms with E-state index in [1.165, 1.54) is 11.8 Å². The molecule has 1 atom stereocenters. The van der Waals surface area contributed by atoms with Crippen molar-refractivity contribution in [2.24, 2.45) is 5.92 Å². The number of aromatic nitrogens is 1. The number of fused-ring (bicyclic) bond motifs is 1. The molecule has 0 bridgehead atoms. The van der Waals surface area contributed by atoms with Crippen LogP contribution in [0.3, 0.4) is 0 Å². The van der Waals surface area contributed by atoms with Crippen LogP contribution >= 0.6 is 11.8 Å². The van der Waals surface area contributed by atoms with Gasteiger partial charge in [0.15, 0.2) is 5.58 Å². The number of thioether (sulfide) groups is 1. The van der Waals surface area contributed by atoms with Crippen LogP contribution in [0.1, 0.15) is 12.8 Å². The average molecular weight is 292 g/mol. The SMILES string of the molecule is O=C(CSc1nc2ccccc2o1)NCC(O)C1CC1. The van der Waals surface area contributed by atoms with Gasteiger partial charge in [0.1, 0.15) is 5.52 Å². The lowest BCUT2D eigenvalue weighted by atomic mass is 10.2. The number of aliphatic hydroxyl groups is 1. The van der Waals surface area contributed by atoms with Crippen LogP contribution in [0, 0.1) is 5.92 Å². The molecule has 20 heavy (non-hydrogen) atoms. The molecule has 1 heterocycles. The van der Waals surface area contributed by atoms with Gasteiger partial charge in [0, 0.05) is 6.54 Å². The fourth-order valence-corrected chi connectivity index (χ4v) is 2.63. The number of hydrogen-bond donors (Lipinski definition) is 2. The molecular weight excluding hydrogens is 276 g/mol. The quantitative estimate of drug-likeness (QED) is 0.794. The first kappa shape index (κ1) is 13.5. The molecule has 1 saturated carbocycles. The summed E-state index contributed by atoms with van der Waals surface area (Å²) >= 11 is 1.26. The Balaban J connectivity index is 1.47. The van der Waals surface area contributed by atoms with Gasteiger partial charge in [-0.3, -0.25) is 4.79 Å². The summed E-state index contributed by atoms with van der Waals surface area (Å²) in [5.74, 6) is 0.501. The van der Waals surface area contributed by atoms with Gasteiger partial charge in [-0.25, -0.2) is 4.98 Å². The van der Waals surface area contributed by atoms with Crippen molar-refractivity contribution in [3.63, 3.8) is 0 Å². The van der Waals surface area contributed by atoms with E-state index in [4.69, 9.17) is 4.42 Å². The number of aliphatic hydroxyl groups excluding tert-OH is 1. The third-order valence-corrected chi connectivity index (χ3v) is 4.10. The van der Waals surface area contributed by atoms with E-state index in [9.17, 15) is 9.90 Å². The molecular formula is C14H16N2O3S. The second-order valence-corrected chi connectivity index (χ2v) is 5.87. The van der Waals surface area contributed by atoms with Gasteiger partial charge in [-0.15, -0.1) is 0 Å². The smallest absolute Gasteiger partial charge is 0.257 e. The zero-order valence-corrected chi connectivity index (χ0v) is 11.7. The monoisotopic (exact) mass is 292 g/mol. The lowest BCUT2D eigenvalue weighted by Crippen LogP contribution is -2.34. The van der Waals surface area contributed by atoms with Crippen LogP contribution in [0.25, 0.3) is 11.1 Å². The zero-order chi connectivity index (χ0) is 13.9. The third kappa shape index (κ3) is 3.32. The molecule has 0 aliphatic heterocycles. The highest BCUT2D eigenvalue weighted by Gasteiger charge is 2.29. The normalized spacial score (nSPS) is 16.2. The summed E-state index contributed by atoms with van der Waals surface area (Å²) in [6, 6.07) is 7.49. The van der Waals surface area contributed by atoms with Crippen LogP contribution in [0.2, 0.25) is 0 Å². The fourth-order valence-electron chi connectivity index (χ4n) is 1.96. The highest BCUT2D eigenvalue weighted by Crippen LogP contribution is 2.32. The first-order valence-electron chi connectivity index (χ1n) is 6.65. The Morgan fingerprint density at radius 2 is 2.30 bits per heavy atom. The summed E-state index contributed by atoms with van der Waals surface area (Å²) in [4.78, 5) is 16.0. The summed E-state index contributed by atoms with van der Waals surface area (Å²) in [5.41, 5.74) is 1.51. The molecule has 5 nitrogen and oxygen atoms in total. The predicted molar refractivity (Wildman–Crippen MR) is 76.5 cm³/mol. The third-order valence-electron chi connectivity index (χ3n) is 3.28. The molecule has 6 heteroatoms. The van der Waals surface area contributed by atoms with E-state index in [0.717, 1.165) is 23.9 Å². The van der Waals surface area contributed by atoms with E-state index in [1.54, 1.807) is 0 Å². The van der Waals surface area contributed by atoms with E-state index in [0.29, 0.717) is 17.7 Å². The van der Waals surface area contributed by atoms with Crippen LogP contribution in [-0.4, -0.2) is 34.4 Å². The predicted octanol–water partition coefficient (Wildman–Crippen LogP) is 1.81. The highest BCUT2D eigenvalue weighted by atomic mass is 32.2. The molecule has 0 spiro atoms. The molecule has 3 rings (SSSR count). The number of amides is 1. The minimum absolute atomic E-state index is 0.114. The van der Waals surface area contributed by atoms with Crippen molar-refractivity contribution in [1.29, 1.82) is 0 Å². The molecule has 0 saturated heterocycles. The fraction of sp³-hybridized carbons (Fsp3) is 0.429. The van der Waals surface area contributed by atoms with Crippen molar-refractivity contribution in [2.45, 2.75) is 24.2 Å². The number of oxazole rings is 1. The van der Waals surface area contributed by atoms with Crippen molar-refractivity contribution < 1.29 is 14.3 Å². The molecule has 106 valence electrons. The minimum atomic E-state index is -0.409. The van der Waals surface area contributed by atoms with Crippen LogP contribution < -0.4 is 5.32 Å². The highest BCUT2D eigenvalue weighted by molar-refractivity contribution is 7.99. The van der Waals surface area contributed by atoms with Gasteiger partial charge in [-0.2, -0.15) is 0 Å². The van der Waals surface area contributed by atoms with Gasteiger partial charge in [-0.1, -0.05) is 23.9 Å². The van der Waals surface area contributed by atoms with E-state index < -0.39 is 6.10 Å². The van der Waals surface area contributed by atoms with E-state index in [-0.39, 0.29) is 11.7 Å². The van der Waals surface area contributed by atoms with E-state index >= 15 is 0 Å². The Morgan fingerprint density at radius 3 is 3.05 bits per heavy atom. The summed E-state index contributed by atoms with van der Waals surface area (Å²) in [5, 5.41) is 12.9. The number of nitrogens with zero attached hydrogens (tertiary/aromatic N) is 1. The number of carbonyl (C=O) groups is 1. The Hall–Kier alpha value is -1.53. The summed E-state index contributed by atoms with van der Waals surface area (Å²) < 4.78 is 5.51. The topological polar surface area (TPSA) is 75.4 Å². The molecule has 1 aliphatic rings. The minimum Gasteiger partial charge on any atom is -0.431 e. The number of carbonyl (C=O) groups excluding carboxylic acids is 1. The van der Waals surface area contributed by atoms with Gasteiger partial charge in [0.2, 0.25) is 5.91 Å². The number of rotatable bonds is 6.